The van der Waals surface area contributed by atoms with Gasteiger partial charge in [-0.1, -0.05) is 27.7 Å². The van der Waals surface area contributed by atoms with E-state index < -0.39 is 74.2 Å². The van der Waals surface area contributed by atoms with Gasteiger partial charge in [-0.3, -0.25) is 0 Å². The number of carbonyl (C=O) groups is 2. The van der Waals surface area contributed by atoms with Crippen molar-refractivity contribution in [1.82, 2.24) is 0 Å². The van der Waals surface area contributed by atoms with Crippen LogP contribution in [0.3, 0.4) is 0 Å². The third-order valence-electron chi connectivity index (χ3n) is 3.82. The van der Waals surface area contributed by atoms with Gasteiger partial charge in [-0.15, -0.1) is 0 Å². The summed E-state index contributed by atoms with van der Waals surface area (Å²) in [6.07, 6.45) is -6.43. The van der Waals surface area contributed by atoms with Crippen LogP contribution < -0.4 is 0 Å². The molecule has 0 aromatic carbocycles. The van der Waals surface area contributed by atoms with Crippen molar-refractivity contribution in [2.45, 2.75) is 71.4 Å². The van der Waals surface area contributed by atoms with E-state index in [1.807, 2.05) is 33.5 Å². The maximum Gasteiger partial charge on any atom is 0.393 e. The van der Waals surface area contributed by atoms with Crippen LogP contribution in [-0.2, 0) is 17.8 Å². The monoisotopic (exact) mass is 460 g/mol. The zero-order chi connectivity index (χ0) is 22.6. The Hall–Kier alpha value is -0.959. The Balaban J connectivity index is 5.59. The van der Waals surface area contributed by atoms with Crippen molar-refractivity contribution in [1.29, 1.82) is 0 Å². The maximum absolute atomic E-state index is 12.8. The summed E-state index contributed by atoms with van der Waals surface area (Å²) in [5.41, 5.74) is -3.12. The summed E-state index contributed by atoms with van der Waals surface area (Å²) in [5, 5.41) is 18.3. The molecular formula is C16H31F3O6Si3. The number of hydrogen-bond acceptors (Lipinski definition) is 4. The average Bonchev–Trinajstić information content (AvgIpc) is 2.38. The summed E-state index contributed by atoms with van der Waals surface area (Å²) < 4.78 is 50.0. The second kappa shape index (κ2) is 9.69. The highest BCUT2D eigenvalue weighted by molar-refractivity contribution is 6.73. The first-order valence-corrected chi connectivity index (χ1v) is 14.6. The van der Waals surface area contributed by atoms with E-state index in [4.69, 9.17) is 8.23 Å². The molecule has 0 aliphatic rings. The number of carboxylic acids is 2. The van der Waals surface area contributed by atoms with Crippen LogP contribution in [0, 0.1) is 5.41 Å². The van der Waals surface area contributed by atoms with Crippen molar-refractivity contribution < 1.29 is 41.2 Å². The van der Waals surface area contributed by atoms with E-state index in [1.165, 1.54) is 13.8 Å². The lowest BCUT2D eigenvalue weighted by Crippen LogP contribution is -2.34. The standard InChI is InChI=1S/C16H31F3O6Si3/c1-14(2,9-15(3,4)26-24-27-25-28(5,6)7)11(13(22)23)10(12(20)21)8-16(17,18)19/h8-9,26-27H2,1-7H3,(H,20,21)(H,22,23). The number of alkyl halides is 3. The highest BCUT2D eigenvalue weighted by atomic mass is 28.4. The van der Waals surface area contributed by atoms with Crippen molar-refractivity contribution in [3.8, 4) is 0 Å². The van der Waals surface area contributed by atoms with Crippen molar-refractivity contribution >= 4 is 40.0 Å². The Bertz CT molecular complexity index is 610. The molecule has 0 aliphatic heterocycles. The number of halogens is 3. The molecule has 164 valence electrons. The Morgan fingerprint density at radius 3 is 1.86 bits per heavy atom. The number of carboxylic acid groups (broad SMARTS) is 2. The van der Waals surface area contributed by atoms with E-state index in [0.29, 0.717) is 0 Å². The van der Waals surface area contributed by atoms with Gasteiger partial charge >= 0.3 is 18.1 Å². The van der Waals surface area contributed by atoms with Crippen molar-refractivity contribution in [3.63, 3.8) is 0 Å². The average molecular weight is 461 g/mol. The van der Waals surface area contributed by atoms with E-state index in [0.717, 1.165) is 0 Å². The van der Waals surface area contributed by atoms with Gasteiger partial charge in [-0.05, 0) is 36.5 Å². The largest absolute Gasteiger partial charge is 0.478 e. The van der Waals surface area contributed by atoms with Crippen LogP contribution in [0.25, 0.3) is 0 Å². The molecule has 0 bridgehead atoms. The second-order valence-electron chi connectivity index (χ2n) is 9.20. The van der Waals surface area contributed by atoms with Gasteiger partial charge in [0.25, 0.3) is 10.0 Å². The van der Waals surface area contributed by atoms with Crippen LogP contribution in [-0.4, -0.2) is 56.4 Å². The Labute approximate surface area is 169 Å². The van der Waals surface area contributed by atoms with Gasteiger partial charge in [0, 0.05) is 0 Å². The van der Waals surface area contributed by atoms with E-state index in [9.17, 15) is 33.0 Å². The van der Waals surface area contributed by atoms with Gasteiger partial charge in [0.1, 0.15) is 0 Å². The zero-order valence-electron chi connectivity index (χ0n) is 17.5. The van der Waals surface area contributed by atoms with Gasteiger partial charge in [0.15, 0.2) is 18.1 Å². The maximum atomic E-state index is 12.8. The van der Waals surface area contributed by atoms with Crippen molar-refractivity contribution in [2.24, 2.45) is 5.41 Å². The van der Waals surface area contributed by atoms with E-state index in [-0.39, 0.29) is 6.42 Å². The smallest absolute Gasteiger partial charge is 0.393 e. The molecule has 6 nitrogen and oxygen atoms in total. The summed E-state index contributed by atoms with van der Waals surface area (Å²) in [5.74, 6) is -3.52. The molecule has 0 saturated heterocycles. The first kappa shape index (κ1) is 27.0. The molecule has 0 fully saturated rings. The molecule has 0 rings (SSSR count). The molecule has 12 heteroatoms. The van der Waals surface area contributed by atoms with Crippen molar-refractivity contribution in [3.05, 3.63) is 11.1 Å². The summed E-state index contributed by atoms with van der Waals surface area (Å²) in [7, 11) is -4.01. The molecule has 0 unspecified atom stereocenters. The Morgan fingerprint density at radius 2 is 1.50 bits per heavy atom. The summed E-state index contributed by atoms with van der Waals surface area (Å²) in [6, 6.07) is 0. The SMILES string of the molecule is CC(C)(CC(C)(C)C(C(=O)O)=C(CC(F)(F)F)C(=O)O)[SiH2]O[SiH2]O[Si](C)(C)C. The Kier molecular flexibility index (Phi) is 9.36. The Morgan fingerprint density at radius 1 is 1.00 bits per heavy atom. The van der Waals surface area contributed by atoms with E-state index in [1.54, 1.807) is 0 Å². The first-order chi connectivity index (χ1) is 12.3. The fourth-order valence-corrected chi connectivity index (χ4v) is 8.94. The lowest BCUT2D eigenvalue weighted by atomic mass is 9.74. The van der Waals surface area contributed by atoms with Gasteiger partial charge < -0.3 is 18.4 Å². The van der Waals surface area contributed by atoms with Crippen LogP contribution in [0.1, 0.15) is 40.5 Å². The lowest BCUT2D eigenvalue weighted by molar-refractivity contribution is -0.144. The van der Waals surface area contributed by atoms with E-state index >= 15 is 0 Å². The molecule has 0 aromatic heterocycles. The zero-order valence-corrected chi connectivity index (χ0v) is 21.3. The molecule has 28 heavy (non-hydrogen) atoms. The normalized spacial score (nSPS) is 15.5. The molecular weight excluding hydrogens is 429 g/mol. The first-order valence-electron chi connectivity index (χ1n) is 8.76. The number of hydrogen-bond donors (Lipinski definition) is 2. The predicted molar refractivity (Wildman–Crippen MR) is 108 cm³/mol. The quantitative estimate of drug-likeness (QED) is 0.280. The highest BCUT2D eigenvalue weighted by Gasteiger charge is 2.42. The van der Waals surface area contributed by atoms with Crippen molar-refractivity contribution in [2.75, 3.05) is 0 Å². The summed E-state index contributed by atoms with van der Waals surface area (Å²) in [6.45, 7) is 12.7. The van der Waals surface area contributed by atoms with Crippen LogP contribution >= 0.6 is 0 Å². The minimum absolute atomic E-state index is 0.184. The fourth-order valence-electron chi connectivity index (χ4n) is 3.17. The minimum Gasteiger partial charge on any atom is -0.478 e. The molecule has 0 amide bonds. The third kappa shape index (κ3) is 10.5. The van der Waals surface area contributed by atoms with Crippen LogP contribution in [0.15, 0.2) is 11.1 Å². The molecule has 0 aromatic rings. The molecule has 0 saturated carbocycles. The molecule has 0 spiro atoms. The van der Waals surface area contributed by atoms with E-state index in [2.05, 4.69) is 0 Å². The second-order valence-corrected chi connectivity index (χ2v) is 18.7. The van der Waals surface area contributed by atoms with Crippen LogP contribution in [0.2, 0.25) is 24.7 Å². The molecule has 0 atom stereocenters. The summed E-state index contributed by atoms with van der Waals surface area (Å²) >= 11 is 0. The van der Waals surface area contributed by atoms with Gasteiger partial charge in [-0.2, -0.15) is 13.2 Å². The topological polar surface area (TPSA) is 93.1 Å². The number of rotatable bonds is 11. The van der Waals surface area contributed by atoms with Gasteiger partial charge in [0.05, 0.1) is 17.6 Å². The predicted octanol–water partition coefficient (Wildman–Crippen LogP) is 2.97. The van der Waals surface area contributed by atoms with Crippen LogP contribution in [0.5, 0.6) is 0 Å². The highest BCUT2D eigenvalue weighted by Crippen LogP contribution is 2.45. The summed E-state index contributed by atoms with van der Waals surface area (Å²) in [4.78, 5) is 23.1. The molecule has 0 heterocycles. The molecule has 0 aliphatic carbocycles. The molecule has 2 N–H and O–H groups in total. The van der Waals surface area contributed by atoms with Crippen LogP contribution in [0.4, 0.5) is 13.2 Å². The fraction of sp³-hybridized carbons (Fsp3) is 0.750. The van der Waals surface area contributed by atoms with Gasteiger partial charge in [0.2, 0.25) is 0 Å². The minimum atomic E-state index is -4.82. The van der Waals surface area contributed by atoms with Gasteiger partial charge in [-0.25, -0.2) is 9.59 Å². The third-order valence-corrected chi connectivity index (χ3v) is 10.3. The lowest BCUT2D eigenvalue weighted by Gasteiger charge is -2.36. The number of aliphatic carboxylic acids is 2. The molecule has 0 radical (unpaired) electrons.